The van der Waals surface area contributed by atoms with Crippen molar-refractivity contribution in [3.63, 3.8) is 0 Å². The molecule has 1 aliphatic rings. The molecule has 1 aliphatic heterocycles. The molecular formula is C13H14FNO2S. The molecule has 1 amide bonds. The Morgan fingerprint density at radius 3 is 3.00 bits per heavy atom. The number of carbonyl (C=O) groups excluding carboxylic acids is 2. The number of hydrogen-bond donors (Lipinski definition) is 0. The van der Waals surface area contributed by atoms with Gasteiger partial charge in [0.1, 0.15) is 5.82 Å². The minimum Gasteiger partial charge on any atom is -0.337 e. The maximum absolute atomic E-state index is 13.0. The molecule has 1 fully saturated rings. The van der Waals surface area contributed by atoms with Crippen LogP contribution in [0.1, 0.15) is 18.9 Å². The predicted octanol–water partition coefficient (Wildman–Crippen LogP) is 2.21. The van der Waals surface area contributed by atoms with Crippen LogP contribution >= 0.6 is 11.8 Å². The van der Waals surface area contributed by atoms with E-state index in [4.69, 9.17) is 0 Å². The quantitative estimate of drug-likeness (QED) is 0.842. The van der Waals surface area contributed by atoms with Crippen LogP contribution in [0.15, 0.2) is 24.3 Å². The van der Waals surface area contributed by atoms with Crippen LogP contribution in [0.4, 0.5) is 4.39 Å². The Bertz CT molecular complexity index is 478. The second-order valence-corrected chi connectivity index (χ2v) is 5.82. The van der Waals surface area contributed by atoms with E-state index >= 15 is 0 Å². The molecule has 0 aromatic heterocycles. The van der Waals surface area contributed by atoms with Gasteiger partial charge >= 0.3 is 0 Å². The van der Waals surface area contributed by atoms with E-state index in [0.29, 0.717) is 19.5 Å². The topological polar surface area (TPSA) is 37.4 Å². The zero-order chi connectivity index (χ0) is 13.1. The molecule has 18 heavy (non-hydrogen) atoms. The van der Waals surface area contributed by atoms with Crippen molar-refractivity contribution in [1.82, 2.24) is 4.90 Å². The van der Waals surface area contributed by atoms with Crippen molar-refractivity contribution in [3.8, 4) is 0 Å². The molecular weight excluding hydrogens is 253 g/mol. The molecule has 5 heteroatoms. The summed E-state index contributed by atoms with van der Waals surface area (Å²) >= 11 is 1.21. The lowest BCUT2D eigenvalue weighted by atomic mass is 10.2. The average molecular weight is 267 g/mol. The number of likely N-dealkylation sites (tertiary alicyclic amines) is 1. The van der Waals surface area contributed by atoms with Gasteiger partial charge in [-0.05, 0) is 17.7 Å². The Morgan fingerprint density at radius 1 is 1.56 bits per heavy atom. The van der Waals surface area contributed by atoms with E-state index in [2.05, 4.69) is 0 Å². The van der Waals surface area contributed by atoms with Crippen LogP contribution in [0, 0.1) is 5.82 Å². The van der Waals surface area contributed by atoms with Crippen molar-refractivity contribution in [2.24, 2.45) is 0 Å². The molecule has 1 heterocycles. The van der Waals surface area contributed by atoms with Crippen LogP contribution in [0.5, 0.6) is 0 Å². The van der Waals surface area contributed by atoms with Crippen molar-refractivity contribution in [2.75, 3.05) is 6.54 Å². The SMILES string of the molecule is CC(=O)SC1CC(=O)N(Cc2cccc(F)c2)C1. The fraction of sp³-hybridized carbons (Fsp3) is 0.385. The lowest BCUT2D eigenvalue weighted by Crippen LogP contribution is -2.25. The molecule has 1 saturated heterocycles. The number of amides is 1. The van der Waals surface area contributed by atoms with Gasteiger partial charge in [-0.25, -0.2) is 4.39 Å². The van der Waals surface area contributed by atoms with Crippen LogP contribution in [-0.2, 0) is 16.1 Å². The smallest absolute Gasteiger partial charge is 0.224 e. The third-order valence-electron chi connectivity index (χ3n) is 2.77. The number of rotatable bonds is 3. The van der Waals surface area contributed by atoms with Crippen LogP contribution < -0.4 is 0 Å². The highest BCUT2D eigenvalue weighted by atomic mass is 32.2. The standard InChI is InChI=1S/C13H14FNO2S/c1-9(16)18-12-6-13(17)15(8-12)7-10-3-2-4-11(14)5-10/h2-5,12H,6-8H2,1H3. The number of halogens is 1. The van der Waals surface area contributed by atoms with Crippen LogP contribution in [0.25, 0.3) is 0 Å². The lowest BCUT2D eigenvalue weighted by molar-refractivity contribution is -0.128. The Balaban J connectivity index is 1.98. The Kier molecular flexibility index (Phi) is 4.01. The van der Waals surface area contributed by atoms with E-state index in [9.17, 15) is 14.0 Å². The van der Waals surface area contributed by atoms with E-state index < -0.39 is 0 Å². The molecule has 0 bridgehead atoms. The molecule has 2 rings (SSSR count). The summed E-state index contributed by atoms with van der Waals surface area (Å²) in [5.74, 6) is -0.271. The first kappa shape index (κ1) is 13.1. The fourth-order valence-corrected chi connectivity index (χ4v) is 3.01. The number of benzene rings is 1. The molecule has 0 N–H and O–H groups in total. The minimum absolute atomic E-state index is 0.0259. The molecule has 1 atom stereocenters. The van der Waals surface area contributed by atoms with E-state index in [0.717, 1.165) is 5.56 Å². The lowest BCUT2D eigenvalue weighted by Gasteiger charge is -2.16. The van der Waals surface area contributed by atoms with Gasteiger partial charge in [0, 0.05) is 31.7 Å². The zero-order valence-electron chi connectivity index (χ0n) is 10.1. The Morgan fingerprint density at radius 2 is 2.33 bits per heavy atom. The molecule has 0 spiro atoms. The van der Waals surface area contributed by atoms with Gasteiger partial charge in [-0.15, -0.1) is 0 Å². The maximum atomic E-state index is 13.0. The summed E-state index contributed by atoms with van der Waals surface area (Å²) in [6, 6.07) is 6.23. The maximum Gasteiger partial charge on any atom is 0.224 e. The normalized spacial score (nSPS) is 19.3. The van der Waals surface area contributed by atoms with Gasteiger partial charge in [0.25, 0.3) is 0 Å². The van der Waals surface area contributed by atoms with Crippen molar-refractivity contribution in [1.29, 1.82) is 0 Å². The average Bonchev–Trinajstić information content (AvgIpc) is 2.58. The number of nitrogens with zero attached hydrogens (tertiary/aromatic N) is 1. The second-order valence-electron chi connectivity index (χ2n) is 4.34. The van der Waals surface area contributed by atoms with Crippen LogP contribution in [0.3, 0.4) is 0 Å². The minimum atomic E-state index is -0.297. The third-order valence-corrected chi connectivity index (χ3v) is 3.76. The summed E-state index contributed by atoms with van der Waals surface area (Å²) in [5.41, 5.74) is 0.775. The van der Waals surface area contributed by atoms with Crippen molar-refractivity contribution >= 4 is 22.8 Å². The fourth-order valence-electron chi connectivity index (χ4n) is 2.06. The largest absolute Gasteiger partial charge is 0.337 e. The molecule has 0 radical (unpaired) electrons. The van der Waals surface area contributed by atoms with Crippen molar-refractivity contribution in [2.45, 2.75) is 25.1 Å². The molecule has 0 aliphatic carbocycles. The molecule has 0 saturated carbocycles. The second kappa shape index (κ2) is 5.52. The summed E-state index contributed by atoms with van der Waals surface area (Å²) in [5, 5.41) is 0.0592. The molecule has 1 aromatic carbocycles. The predicted molar refractivity (Wildman–Crippen MR) is 68.5 cm³/mol. The Hall–Kier alpha value is -1.36. The monoisotopic (exact) mass is 267 g/mol. The molecule has 3 nitrogen and oxygen atoms in total. The first-order chi connectivity index (χ1) is 8.54. The van der Waals surface area contributed by atoms with Crippen LogP contribution in [0.2, 0.25) is 0 Å². The summed E-state index contributed by atoms with van der Waals surface area (Å²) in [6.07, 6.45) is 0.388. The highest BCUT2D eigenvalue weighted by Crippen LogP contribution is 2.25. The summed E-state index contributed by atoms with van der Waals surface area (Å²) in [7, 11) is 0. The van der Waals surface area contributed by atoms with Gasteiger partial charge in [-0.1, -0.05) is 23.9 Å². The van der Waals surface area contributed by atoms with Gasteiger partial charge in [-0.2, -0.15) is 0 Å². The molecule has 1 aromatic rings. The number of hydrogen-bond acceptors (Lipinski definition) is 3. The summed E-state index contributed by atoms with van der Waals surface area (Å²) in [6.45, 7) is 2.47. The molecule has 96 valence electrons. The first-order valence-corrected chi connectivity index (χ1v) is 6.62. The molecule has 1 unspecified atom stereocenters. The van der Waals surface area contributed by atoms with Gasteiger partial charge < -0.3 is 4.90 Å². The van der Waals surface area contributed by atoms with Crippen molar-refractivity contribution < 1.29 is 14.0 Å². The van der Waals surface area contributed by atoms with Crippen molar-refractivity contribution in [3.05, 3.63) is 35.6 Å². The number of thioether (sulfide) groups is 1. The van der Waals surface area contributed by atoms with Gasteiger partial charge in [0.15, 0.2) is 5.12 Å². The highest BCUT2D eigenvalue weighted by molar-refractivity contribution is 8.14. The third kappa shape index (κ3) is 3.32. The van der Waals surface area contributed by atoms with E-state index in [1.807, 2.05) is 0 Å². The summed E-state index contributed by atoms with van der Waals surface area (Å²) in [4.78, 5) is 24.4. The first-order valence-electron chi connectivity index (χ1n) is 5.74. The van der Waals surface area contributed by atoms with E-state index in [1.54, 1.807) is 17.0 Å². The number of carbonyl (C=O) groups is 2. The van der Waals surface area contributed by atoms with E-state index in [1.165, 1.54) is 30.8 Å². The Labute approximate surface area is 109 Å². The van der Waals surface area contributed by atoms with Gasteiger partial charge in [0.2, 0.25) is 5.91 Å². The van der Waals surface area contributed by atoms with Gasteiger partial charge in [0.05, 0.1) is 0 Å². The van der Waals surface area contributed by atoms with E-state index in [-0.39, 0.29) is 22.1 Å². The van der Waals surface area contributed by atoms with Crippen LogP contribution in [-0.4, -0.2) is 27.7 Å². The highest BCUT2D eigenvalue weighted by Gasteiger charge is 2.30. The summed E-state index contributed by atoms with van der Waals surface area (Å²) < 4.78 is 13.0. The zero-order valence-corrected chi connectivity index (χ0v) is 10.9. The van der Waals surface area contributed by atoms with Gasteiger partial charge in [-0.3, -0.25) is 9.59 Å².